The van der Waals surface area contributed by atoms with E-state index in [9.17, 15) is 13.2 Å². The van der Waals surface area contributed by atoms with Gasteiger partial charge in [-0.25, -0.2) is 0 Å². The summed E-state index contributed by atoms with van der Waals surface area (Å²) in [5.74, 6) is 0. The van der Waals surface area contributed by atoms with Gasteiger partial charge in [-0.2, -0.15) is 13.2 Å². The molecule has 118 valence electrons. The molecule has 0 N–H and O–H groups in total. The molecular weight excluding hydrogens is 343 g/mol. The Morgan fingerprint density at radius 3 is 2.38 bits per heavy atom. The number of halogens is 4. The molecule has 0 aromatic heterocycles. The van der Waals surface area contributed by atoms with Gasteiger partial charge < -0.3 is 4.90 Å². The smallest absolute Gasteiger partial charge is 0.370 e. The molecule has 1 heterocycles. The number of anilines is 1. The molecule has 1 aliphatic rings. The molecule has 21 heavy (non-hydrogen) atoms. The maximum Gasteiger partial charge on any atom is 0.418 e. The minimum atomic E-state index is -4.31. The summed E-state index contributed by atoms with van der Waals surface area (Å²) in [5.41, 5.74) is 0.637. The summed E-state index contributed by atoms with van der Waals surface area (Å²) in [6.07, 6.45) is -1.31. The molecule has 0 spiro atoms. The van der Waals surface area contributed by atoms with Crippen molar-refractivity contribution in [2.24, 2.45) is 5.41 Å². The molecule has 1 fully saturated rings. The lowest BCUT2D eigenvalue weighted by molar-refractivity contribution is -0.137. The summed E-state index contributed by atoms with van der Waals surface area (Å²) in [7, 11) is 0. The van der Waals surface area contributed by atoms with Gasteiger partial charge in [-0.1, -0.05) is 35.8 Å². The summed E-state index contributed by atoms with van der Waals surface area (Å²) < 4.78 is 40.0. The SMILES string of the molecule is CCC1(CC)CCN(c2ccc(CBr)cc2C(F)(F)F)C1. The molecule has 0 unspecified atom stereocenters. The van der Waals surface area contributed by atoms with Gasteiger partial charge in [0.15, 0.2) is 0 Å². The predicted molar refractivity (Wildman–Crippen MR) is 83.9 cm³/mol. The summed E-state index contributed by atoms with van der Waals surface area (Å²) in [5, 5.41) is 0.435. The van der Waals surface area contributed by atoms with Crippen LogP contribution < -0.4 is 4.90 Å². The van der Waals surface area contributed by atoms with Crippen LogP contribution in [0.4, 0.5) is 18.9 Å². The van der Waals surface area contributed by atoms with Crippen molar-refractivity contribution in [1.82, 2.24) is 0 Å². The fourth-order valence-electron chi connectivity index (χ4n) is 3.14. The lowest BCUT2D eigenvalue weighted by Crippen LogP contribution is -2.28. The number of nitrogens with zero attached hydrogens (tertiary/aromatic N) is 1. The number of alkyl halides is 4. The molecule has 0 radical (unpaired) electrons. The highest BCUT2D eigenvalue weighted by molar-refractivity contribution is 9.08. The van der Waals surface area contributed by atoms with Crippen molar-refractivity contribution in [2.45, 2.75) is 44.6 Å². The maximum absolute atomic E-state index is 13.3. The Morgan fingerprint density at radius 1 is 1.24 bits per heavy atom. The summed E-state index contributed by atoms with van der Waals surface area (Å²) in [4.78, 5) is 1.91. The molecule has 1 aromatic carbocycles. The largest absolute Gasteiger partial charge is 0.418 e. The highest BCUT2D eigenvalue weighted by Gasteiger charge is 2.40. The van der Waals surface area contributed by atoms with Crippen LogP contribution in [-0.2, 0) is 11.5 Å². The van der Waals surface area contributed by atoms with Gasteiger partial charge in [-0.15, -0.1) is 0 Å². The topological polar surface area (TPSA) is 3.24 Å². The van der Waals surface area contributed by atoms with Crippen LogP contribution in [0.2, 0.25) is 0 Å². The van der Waals surface area contributed by atoms with Crippen molar-refractivity contribution in [3.8, 4) is 0 Å². The van der Waals surface area contributed by atoms with Gasteiger partial charge in [0.2, 0.25) is 0 Å². The number of rotatable bonds is 4. The molecule has 2 rings (SSSR count). The third-order valence-electron chi connectivity index (χ3n) is 4.80. The van der Waals surface area contributed by atoms with Gasteiger partial charge in [0.25, 0.3) is 0 Å². The fourth-order valence-corrected chi connectivity index (χ4v) is 3.49. The second-order valence-electron chi connectivity index (χ2n) is 5.86. The van der Waals surface area contributed by atoms with E-state index in [1.54, 1.807) is 12.1 Å². The Hall–Kier alpha value is -0.710. The Labute approximate surface area is 132 Å². The second kappa shape index (κ2) is 6.19. The molecule has 1 aliphatic heterocycles. The monoisotopic (exact) mass is 363 g/mol. The fraction of sp³-hybridized carbons (Fsp3) is 0.625. The van der Waals surface area contributed by atoms with Crippen LogP contribution in [0.25, 0.3) is 0 Å². The van der Waals surface area contributed by atoms with Crippen molar-refractivity contribution < 1.29 is 13.2 Å². The minimum absolute atomic E-state index is 0.164. The highest BCUT2D eigenvalue weighted by atomic mass is 79.9. The van der Waals surface area contributed by atoms with Gasteiger partial charge >= 0.3 is 6.18 Å². The van der Waals surface area contributed by atoms with Crippen LogP contribution >= 0.6 is 15.9 Å². The molecule has 0 saturated carbocycles. The van der Waals surface area contributed by atoms with E-state index in [0.717, 1.165) is 25.8 Å². The third kappa shape index (κ3) is 3.38. The zero-order valence-electron chi connectivity index (χ0n) is 12.4. The predicted octanol–water partition coefficient (Wildman–Crippen LogP) is 5.62. The van der Waals surface area contributed by atoms with Crippen molar-refractivity contribution in [3.05, 3.63) is 29.3 Å². The van der Waals surface area contributed by atoms with E-state index in [1.165, 1.54) is 6.07 Å². The van der Waals surface area contributed by atoms with Gasteiger partial charge in [0, 0.05) is 24.1 Å². The minimum Gasteiger partial charge on any atom is -0.370 e. The van der Waals surface area contributed by atoms with Crippen LogP contribution in [-0.4, -0.2) is 13.1 Å². The first-order chi connectivity index (χ1) is 9.85. The highest BCUT2D eigenvalue weighted by Crippen LogP contribution is 2.43. The van der Waals surface area contributed by atoms with E-state index in [1.807, 2.05) is 4.90 Å². The van der Waals surface area contributed by atoms with E-state index in [-0.39, 0.29) is 5.41 Å². The first-order valence-corrected chi connectivity index (χ1v) is 8.48. The molecule has 0 bridgehead atoms. The lowest BCUT2D eigenvalue weighted by atomic mass is 9.82. The average molecular weight is 364 g/mol. The Morgan fingerprint density at radius 2 is 1.90 bits per heavy atom. The first-order valence-electron chi connectivity index (χ1n) is 7.36. The van der Waals surface area contributed by atoms with Crippen LogP contribution in [0, 0.1) is 5.41 Å². The molecule has 5 heteroatoms. The van der Waals surface area contributed by atoms with Crippen LogP contribution in [0.1, 0.15) is 44.2 Å². The van der Waals surface area contributed by atoms with Crippen LogP contribution in [0.3, 0.4) is 0 Å². The van der Waals surface area contributed by atoms with Crippen LogP contribution in [0.15, 0.2) is 18.2 Å². The van der Waals surface area contributed by atoms with E-state index in [2.05, 4.69) is 29.8 Å². The molecule has 1 aromatic rings. The first kappa shape index (κ1) is 16.7. The number of hydrogen-bond acceptors (Lipinski definition) is 1. The zero-order valence-corrected chi connectivity index (χ0v) is 14.0. The summed E-state index contributed by atoms with van der Waals surface area (Å²) in [6.45, 7) is 5.69. The van der Waals surface area contributed by atoms with E-state index in [4.69, 9.17) is 0 Å². The summed E-state index contributed by atoms with van der Waals surface area (Å²) >= 11 is 3.23. The summed E-state index contributed by atoms with van der Waals surface area (Å²) in [6, 6.07) is 4.67. The average Bonchev–Trinajstić information content (AvgIpc) is 2.90. The Bertz CT molecular complexity index is 495. The van der Waals surface area contributed by atoms with Gasteiger partial charge in [0.1, 0.15) is 0 Å². The third-order valence-corrected chi connectivity index (χ3v) is 5.45. The van der Waals surface area contributed by atoms with Crippen LogP contribution in [0.5, 0.6) is 0 Å². The van der Waals surface area contributed by atoms with E-state index < -0.39 is 11.7 Å². The molecule has 0 amide bonds. The van der Waals surface area contributed by atoms with E-state index in [0.29, 0.717) is 23.1 Å². The maximum atomic E-state index is 13.3. The number of benzene rings is 1. The quantitative estimate of drug-likeness (QED) is 0.627. The number of hydrogen-bond donors (Lipinski definition) is 0. The van der Waals surface area contributed by atoms with Gasteiger partial charge in [-0.3, -0.25) is 0 Å². The lowest BCUT2D eigenvalue weighted by Gasteiger charge is -2.28. The van der Waals surface area contributed by atoms with E-state index >= 15 is 0 Å². The molecular formula is C16H21BrF3N. The Kier molecular flexibility index (Phi) is 4.91. The molecule has 0 atom stereocenters. The van der Waals surface area contributed by atoms with Crippen molar-refractivity contribution in [1.29, 1.82) is 0 Å². The van der Waals surface area contributed by atoms with Gasteiger partial charge in [0.05, 0.1) is 5.56 Å². The standard InChI is InChI=1S/C16H21BrF3N/c1-3-15(4-2)7-8-21(11-15)14-6-5-12(10-17)9-13(14)16(18,19)20/h5-6,9H,3-4,7-8,10-11H2,1-2H3. The van der Waals surface area contributed by atoms with Crippen molar-refractivity contribution in [2.75, 3.05) is 18.0 Å². The van der Waals surface area contributed by atoms with Gasteiger partial charge in [-0.05, 0) is 42.4 Å². The molecule has 0 aliphatic carbocycles. The zero-order chi connectivity index (χ0) is 15.7. The van der Waals surface area contributed by atoms with Crippen molar-refractivity contribution in [3.63, 3.8) is 0 Å². The van der Waals surface area contributed by atoms with Crippen molar-refractivity contribution >= 4 is 21.6 Å². The Balaban J connectivity index is 2.37. The molecule has 1 saturated heterocycles. The normalized spacial score (nSPS) is 18.3. The second-order valence-corrected chi connectivity index (χ2v) is 6.42. The molecule has 1 nitrogen and oxygen atoms in total.